The fourth-order valence-corrected chi connectivity index (χ4v) is 1.34. The number of halogens is 1. The van der Waals surface area contributed by atoms with E-state index in [1.54, 1.807) is 0 Å². The average molecular weight is 261 g/mol. The fourth-order valence-electron chi connectivity index (χ4n) is 1.11. The van der Waals surface area contributed by atoms with Crippen LogP contribution in [0.4, 0.5) is 5.69 Å². The van der Waals surface area contributed by atoms with E-state index in [0.717, 1.165) is 6.07 Å². The Kier molecular flexibility index (Phi) is 3.61. The van der Waals surface area contributed by atoms with Crippen LogP contribution in [0.3, 0.4) is 0 Å². The SMILES string of the molecule is NOC(=O)c1cc([N+](=O)[O-])c(Cl)cc1C(=O)O. The van der Waals surface area contributed by atoms with Crippen LogP contribution in [-0.2, 0) is 4.84 Å². The second kappa shape index (κ2) is 4.76. The van der Waals surface area contributed by atoms with E-state index in [0.29, 0.717) is 6.07 Å². The van der Waals surface area contributed by atoms with E-state index in [4.69, 9.17) is 16.7 Å². The first kappa shape index (κ1) is 12.9. The molecule has 9 heteroatoms. The highest BCUT2D eigenvalue weighted by atomic mass is 35.5. The monoisotopic (exact) mass is 260 g/mol. The smallest absolute Gasteiger partial charge is 0.357 e. The molecule has 0 aliphatic heterocycles. The summed E-state index contributed by atoms with van der Waals surface area (Å²) in [4.78, 5) is 35.5. The average Bonchev–Trinajstić information content (AvgIpc) is 2.26. The highest BCUT2D eigenvalue weighted by molar-refractivity contribution is 6.33. The van der Waals surface area contributed by atoms with Gasteiger partial charge in [-0.25, -0.2) is 9.59 Å². The Hall–Kier alpha value is -2.19. The van der Waals surface area contributed by atoms with E-state index in [1.807, 2.05) is 0 Å². The molecular weight excluding hydrogens is 256 g/mol. The number of carboxylic acid groups (broad SMARTS) is 1. The number of nitrogens with two attached hydrogens (primary N) is 1. The molecule has 0 unspecified atom stereocenters. The zero-order valence-electron chi connectivity index (χ0n) is 8.05. The van der Waals surface area contributed by atoms with Crippen LogP contribution in [0.5, 0.6) is 0 Å². The van der Waals surface area contributed by atoms with E-state index >= 15 is 0 Å². The number of nitrogens with zero attached hydrogens (tertiary/aromatic N) is 1. The number of nitro benzene ring substituents is 1. The largest absolute Gasteiger partial charge is 0.478 e. The van der Waals surface area contributed by atoms with Gasteiger partial charge in [-0.2, -0.15) is 5.90 Å². The molecule has 0 fully saturated rings. The molecule has 0 saturated heterocycles. The lowest BCUT2D eigenvalue weighted by molar-refractivity contribution is -0.384. The maximum absolute atomic E-state index is 11.1. The number of hydrogen-bond donors (Lipinski definition) is 2. The molecule has 1 rings (SSSR count). The molecule has 0 spiro atoms. The lowest BCUT2D eigenvalue weighted by atomic mass is 10.1. The van der Waals surface area contributed by atoms with Gasteiger partial charge in [0, 0.05) is 6.07 Å². The summed E-state index contributed by atoms with van der Waals surface area (Å²) in [6.07, 6.45) is 0. The van der Waals surface area contributed by atoms with Gasteiger partial charge in [-0.1, -0.05) is 11.6 Å². The van der Waals surface area contributed by atoms with Gasteiger partial charge in [0.1, 0.15) is 5.02 Å². The zero-order chi connectivity index (χ0) is 13.2. The first-order valence-electron chi connectivity index (χ1n) is 4.00. The molecule has 0 radical (unpaired) electrons. The highest BCUT2D eigenvalue weighted by Crippen LogP contribution is 2.28. The maximum atomic E-state index is 11.1. The van der Waals surface area contributed by atoms with Gasteiger partial charge in [0.05, 0.1) is 16.1 Å². The van der Waals surface area contributed by atoms with Crippen molar-refractivity contribution in [2.75, 3.05) is 0 Å². The van der Waals surface area contributed by atoms with Gasteiger partial charge in [0.2, 0.25) is 0 Å². The van der Waals surface area contributed by atoms with Crippen LogP contribution in [0.1, 0.15) is 20.7 Å². The van der Waals surface area contributed by atoms with Crippen LogP contribution in [-0.4, -0.2) is 22.0 Å². The normalized spacial score (nSPS) is 9.76. The van der Waals surface area contributed by atoms with Gasteiger partial charge < -0.3 is 9.94 Å². The minimum atomic E-state index is -1.48. The first-order chi connectivity index (χ1) is 7.88. The molecule has 0 aromatic heterocycles. The van der Waals surface area contributed by atoms with Crippen molar-refractivity contribution < 1.29 is 24.5 Å². The van der Waals surface area contributed by atoms with Crippen LogP contribution in [0, 0.1) is 10.1 Å². The Morgan fingerprint density at radius 1 is 1.41 bits per heavy atom. The summed E-state index contributed by atoms with van der Waals surface area (Å²) in [6.45, 7) is 0. The van der Waals surface area contributed by atoms with Crippen molar-refractivity contribution >= 4 is 29.2 Å². The third kappa shape index (κ3) is 2.49. The molecule has 0 saturated carbocycles. The quantitative estimate of drug-likeness (QED) is 0.611. The van der Waals surface area contributed by atoms with Gasteiger partial charge in [-0.3, -0.25) is 10.1 Å². The number of carbonyl (C=O) groups excluding carboxylic acids is 1. The lowest BCUT2D eigenvalue weighted by Crippen LogP contribution is -2.15. The molecular formula is C8H5ClN2O6. The maximum Gasteiger partial charge on any atom is 0.357 e. The van der Waals surface area contributed by atoms with Gasteiger partial charge >= 0.3 is 11.9 Å². The second-order valence-electron chi connectivity index (χ2n) is 2.82. The summed E-state index contributed by atoms with van der Waals surface area (Å²) in [5.74, 6) is 1.90. The topological polar surface area (TPSA) is 133 Å². The summed E-state index contributed by atoms with van der Waals surface area (Å²) < 4.78 is 0. The molecule has 3 N–H and O–H groups in total. The number of carboxylic acids is 1. The van der Waals surface area contributed by atoms with Gasteiger partial charge in [0.25, 0.3) is 5.69 Å². The summed E-state index contributed by atoms with van der Waals surface area (Å²) in [5.41, 5.74) is -1.69. The number of rotatable bonds is 3. The van der Waals surface area contributed by atoms with E-state index in [2.05, 4.69) is 10.7 Å². The molecule has 0 atom stereocenters. The van der Waals surface area contributed by atoms with Crippen molar-refractivity contribution in [2.24, 2.45) is 5.90 Å². The Balaban J connectivity index is 3.53. The Labute approximate surface area is 98.6 Å². The summed E-state index contributed by atoms with van der Waals surface area (Å²) in [5, 5.41) is 18.9. The van der Waals surface area contributed by atoms with Crippen LogP contribution in [0.15, 0.2) is 12.1 Å². The van der Waals surface area contributed by atoms with Crippen molar-refractivity contribution in [3.8, 4) is 0 Å². The van der Waals surface area contributed by atoms with E-state index in [9.17, 15) is 19.7 Å². The van der Waals surface area contributed by atoms with Crippen molar-refractivity contribution in [1.29, 1.82) is 0 Å². The molecule has 8 nitrogen and oxygen atoms in total. The predicted molar refractivity (Wildman–Crippen MR) is 54.7 cm³/mol. The molecule has 1 aromatic carbocycles. The number of aromatic carboxylic acids is 1. The van der Waals surface area contributed by atoms with Crippen LogP contribution in [0.25, 0.3) is 0 Å². The Morgan fingerprint density at radius 3 is 2.41 bits per heavy atom. The molecule has 0 aliphatic carbocycles. The van der Waals surface area contributed by atoms with Gasteiger partial charge in [-0.05, 0) is 6.07 Å². The first-order valence-corrected chi connectivity index (χ1v) is 4.38. The molecule has 1 aromatic rings. The zero-order valence-corrected chi connectivity index (χ0v) is 8.80. The van der Waals surface area contributed by atoms with Crippen LogP contribution >= 0.6 is 11.6 Å². The lowest BCUT2D eigenvalue weighted by Gasteiger charge is -2.04. The van der Waals surface area contributed by atoms with E-state index in [-0.39, 0.29) is 0 Å². The fraction of sp³-hybridized carbons (Fsp3) is 0. The number of nitro groups is 1. The van der Waals surface area contributed by atoms with Crippen molar-refractivity contribution in [3.63, 3.8) is 0 Å². The molecule has 0 aliphatic rings. The minimum absolute atomic E-state index is 0.402. The van der Waals surface area contributed by atoms with E-state index < -0.39 is 38.7 Å². The summed E-state index contributed by atoms with van der Waals surface area (Å²) in [6, 6.07) is 1.48. The van der Waals surface area contributed by atoms with Crippen molar-refractivity contribution in [1.82, 2.24) is 0 Å². The molecule has 0 heterocycles. The standard InChI is InChI=1S/C8H5ClN2O6/c9-5-1-3(7(12)13)4(8(14)17-10)2-6(5)11(15)16/h1-2H,10H2,(H,12,13). The number of benzene rings is 1. The van der Waals surface area contributed by atoms with Gasteiger partial charge in [0.15, 0.2) is 0 Å². The molecule has 0 bridgehead atoms. The second-order valence-corrected chi connectivity index (χ2v) is 3.22. The predicted octanol–water partition coefficient (Wildman–Crippen LogP) is 0.977. The third-order valence-electron chi connectivity index (χ3n) is 1.84. The molecule has 17 heavy (non-hydrogen) atoms. The Bertz CT molecular complexity index is 515. The molecule has 0 amide bonds. The van der Waals surface area contributed by atoms with Crippen LogP contribution in [0.2, 0.25) is 5.02 Å². The van der Waals surface area contributed by atoms with Crippen LogP contribution < -0.4 is 5.90 Å². The number of hydrogen-bond acceptors (Lipinski definition) is 6. The van der Waals surface area contributed by atoms with Gasteiger partial charge in [-0.15, -0.1) is 0 Å². The van der Waals surface area contributed by atoms with Crippen molar-refractivity contribution in [2.45, 2.75) is 0 Å². The Morgan fingerprint density at radius 2 is 2.00 bits per heavy atom. The number of carbonyl (C=O) groups is 2. The summed E-state index contributed by atoms with van der Waals surface area (Å²) in [7, 11) is 0. The van der Waals surface area contributed by atoms with E-state index in [1.165, 1.54) is 0 Å². The third-order valence-corrected chi connectivity index (χ3v) is 2.14. The highest BCUT2D eigenvalue weighted by Gasteiger charge is 2.24. The molecule has 90 valence electrons. The minimum Gasteiger partial charge on any atom is -0.478 e. The van der Waals surface area contributed by atoms with Crippen molar-refractivity contribution in [3.05, 3.63) is 38.4 Å². The summed E-state index contributed by atoms with van der Waals surface area (Å²) >= 11 is 5.50.